The van der Waals surface area contributed by atoms with E-state index in [0.717, 1.165) is 68.1 Å². The highest BCUT2D eigenvalue weighted by Crippen LogP contribution is 2.53. The summed E-state index contributed by atoms with van der Waals surface area (Å²) >= 11 is 0. The Kier molecular flexibility index (Phi) is 5.36. The van der Waals surface area contributed by atoms with E-state index in [4.69, 9.17) is 9.47 Å². The van der Waals surface area contributed by atoms with Gasteiger partial charge in [-0.1, -0.05) is 25.1 Å². The van der Waals surface area contributed by atoms with Crippen molar-refractivity contribution < 1.29 is 19.1 Å². The molecule has 2 aliphatic carbocycles. The molecular weight excluding hydrogens is 404 g/mol. The minimum Gasteiger partial charge on any atom is -0.495 e. The standard InChI is InChI=1S/C26H32N2O4/c1-17-21(29)9-11-26(2)10-8-18-19(25(30)32-24(18)23(17)26)16-27-12-14-28(15-13-27)20-6-4-5-7-22(20)31-3/h4-7,9,11,18-19,24H,8,10,12-16H2,1-3H3. The van der Waals surface area contributed by atoms with Crippen LogP contribution in [-0.4, -0.2) is 62.6 Å². The lowest BCUT2D eigenvalue weighted by molar-refractivity contribution is -0.144. The predicted molar refractivity (Wildman–Crippen MR) is 123 cm³/mol. The minimum absolute atomic E-state index is 0.0464. The Morgan fingerprint density at radius 1 is 1.16 bits per heavy atom. The van der Waals surface area contributed by atoms with Crippen molar-refractivity contribution in [3.8, 4) is 5.75 Å². The quantitative estimate of drug-likeness (QED) is 0.676. The number of hydrogen-bond donors (Lipinski definition) is 0. The van der Waals surface area contributed by atoms with Gasteiger partial charge in [-0.15, -0.1) is 0 Å². The van der Waals surface area contributed by atoms with Gasteiger partial charge < -0.3 is 14.4 Å². The number of piperazine rings is 1. The Morgan fingerprint density at radius 2 is 1.91 bits per heavy atom. The molecule has 170 valence electrons. The number of fused-ring (bicyclic) bond motifs is 3. The van der Waals surface area contributed by atoms with Crippen molar-refractivity contribution in [2.75, 3.05) is 44.7 Å². The van der Waals surface area contributed by atoms with E-state index in [1.807, 2.05) is 31.2 Å². The molecule has 0 amide bonds. The molecule has 32 heavy (non-hydrogen) atoms. The van der Waals surface area contributed by atoms with Crippen molar-refractivity contribution in [2.45, 2.75) is 32.8 Å². The molecular formula is C26H32N2O4. The van der Waals surface area contributed by atoms with Gasteiger partial charge in [-0.05, 0) is 43.5 Å². The molecule has 2 saturated heterocycles. The molecule has 2 aliphatic heterocycles. The highest BCUT2D eigenvalue weighted by molar-refractivity contribution is 6.05. The maximum atomic E-state index is 12.9. The van der Waals surface area contributed by atoms with Crippen LogP contribution in [0, 0.1) is 17.3 Å². The number of ether oxygens (including phenoxy) is 2. The van der Waals surface area contributed by atoms with E-state index in [-0.39, 0.29) is 35.1 Å². The lowest BCUT2D eigenvalue weighted by Gasteiger charge is -2.43. The van der Waals surface area contributed by atoms with E-state index in [1.54, 1.807) is 13.2 Å². The number of carbonyl (C=O) groups excluding carboxylic acids is 2. The fraction of sp³-hybridized carbons (Fsp3) is 0.538. The SMILES string of the molecule is COc1ccccc1N1CCN(CC2C(=O)OC3C4=C(C)C(=O)C=CC4(C)CCC23)CC1. The molecule has 4 aliphatic rings. The number of benzene rings is 1. The lowest BCUT2D eigenvalue weighted by atomic mass is 9.61. The molecule has 1 saturated carbocycles. The molecule has 0 radical (unpaired) electrons. The van der Waals surface area contributed by atoms with E-state index < -0.39 is 0 Å². The molecule has 4 unspecified atom stereocenters. The van der Waals surface area contributed by atoms with Crippen LogP contribution < -0.4 is 9.64 Å². The van der Waals surface area contributed by atoms with Gasteiger partial charge in [0.2, 0.25) is 0 Å². The molecule has 0 bridgehead atoms. The van der Waals surface area contributed by atoms with Crippen molar-refractivity contribution in [2.24, 2.45) is 17.3 Å². The Balaban J connectivity index is 1.27. The minimum atomic E-state index is -0.255. The van der Waals surface area contributed by atoms with Crippen molar-refractivity contribution in [1.82, 2.24) is 4.90 Å². The number of para-hydroxylation sites is 2. The number of carbonyl (C=O) groups is 2. The number of nitrogens with zero attached hydrogens (tertiary/aromatic N) is 2. The first-order valence-electron chi connectivity index (χ1n) is 11.7. The van der Waals surface area contributed by atoms with Crippen LogP contribution in [0.5, 0.6) is 5.75 Å². The molecule has 4 atom stereocenters. The van der Waals surface area contributed by atoms with Gasteiger partial charge in [-0.3, -0.25) is 14.5 Å². The zero-order valence-electron chi connectivity index (χ0n) is 19.2. The van der Waals surface area contributed by atoms with E-state index in [9.17, 15) is 9.59 Å². The smallest absolute Gasteiger partial charge is 0.311 e. The van der Waals surface area contributed by atoms with Crippen LogP contribution in [0.15, 0.2) is 47.6 Å². The van der Waals surface area contributed by atoms with Crippen LogP contribution in [-0.2, 0) is 14.3 Å². The van der Waals surface area contributed by atoms with Gasteiger partial charge in [0.05, 0.1) is 18.7 Å². The number of methoxy groups -OCH3 is 1. The second-order valence-corrected chi connectivity index (χ2v) is 9.78. The summed E-state index contributed by atoms with van der Waals surface area (Å²) < 4.78 is 11.5. The van der Waals surface area contributed by atoms with Gasteiger partial charge >= 0.3 is 5.97 Å². The number of hydrogen-bond acceptors (Lipinski definition) is 6. The molecule has 1 aromatic rings. The van der Waals surface area contributed by atoms with Crippen molar-refractivity contribution in [1.29, 1.82) is 0 Å². The third-order valence-corrected chi connectivity index (χ3v) is 7.98. The van der Waals surface area contributed by atoms with E-state index in [0.29, 0.717) is 0 Å². The number of esters is 1. The summed E-state index contributed by atoms with van der Waals surface area (Å²) in [6, 6.07) is 8.12. The maximum absolute atomic E-state index is 12.9. The third-order valence-electron chi connectivity index (χ3n) is 7.98. The first-order chi connectivity index (χ1) is 15.4. The molecule has 6 heteroatoms. The van der Waals surface area contributed by atoms with Crippen LogP contribution in [0.25, 0.3) is 0 Å². The first-order valence-corrected chi connectivity index (χ1v) is 11.7. The monoisotopic (exact) mass is 436 g/mol. The van der Waals surface area contributed by atoms with E-state index in [1.165, 1.54) is 0 Å². The van der Waals surface area contributed by atoms with Gasteiger partial charge in [0.25, 0.3) is 0 Å². The molecule has 0 N–H and O–H groups in total. The Morgan fingerprint density at radius 3 is 2.66 bits per heavy atom. The molecule has 3 fully saturated rings. The molecule has 6 nitrogen and oxygen atoms in total. The largest absolute Gasteiger partial charge is 0.495 e. The Bertz CT molecular complexity index is 991. The Labute approximate surface area is 189 Å². The summed E-state index contributed by atoms with van der Waals surface area (Å²) in [4.78, 5) is 30.0. The molecule has 0 spiro atoms. The van der Waals surface area contributed by atoms with Crippen LogP contribution in [0.4, 0.5) is 5.69 Å². The average Bonchev–Trinajstić information content (AvgIpc) is 3.11. The fourth-order valence-electron chi connectivity index (χ4n) is 6.12. The second kappa shape index (κ2) is 8.07. The van der Waals surface area contributed by atoms with Crippen LogP contribution in [0.2, 0.25) is 0 Å². The van der Waals surface area contributed by atoms with Gasteiger partial charge in [0.15, 0.2) is 5.78 Å². The first kappa shape index (κ1) is 21.3. The van der Waals surface area contributed by atoms with Gasteiger partial charge in [-0.25, -0.2) is 0 Å². The summed E-state index contributed by atoms with van der Waals surface area (Å²) in [5.74, 6) is 0.882. The number of rotatable bonds is 4. The molecule has 0 aromatic heterocycles. The van der Waals surface area contributed by atoms with Crippen molar-refractivity contribution in [3.63, 3.8) is 0 Å². The number of anilines is 1. The predicted octanol–water partition coefficient (Wildman–Crippen LogP) is 3.23. The zero-order chi connectivity index (χ0) is 22.5. The van der Waals surface area contributed by atoms with Gasteiger partial charge in [0.1, 0.15) is 11.9 Å². The van der Waals surface area contributed by atoms with Crippen LogP contribution in [0.1, 0.15) is 26.7 Å². The Hall–Kier alpha value is -2.60. The summed E-state index contributed by atoms with van der Waals surface area (Å²) in [7, 11) is 1.71. The molecule has 5 rings (SSSR count). The normalized spacial score (nSPS) is 32.6. The zero-order valence-corrected chi connectivity index (χ0v) is 19.2. The summed E-state index contributed by atoms with van der Waals surface area (Å²) in [5, 5.41) is 0. The van der Waals surface area contributed by atoms with E-state index in [2.05, 4.69) is 22.8 Å². The van der Waals surface area contributed by atoms with Crippen LogP contribution >= 0.6 is 0 Å². The number of allylic oxidation sites excluding steroid dienone is 3. The van der Waals surface area contributed by atoms with Crippen molar-refractivity contribution in [3.05, 3.63) is 47.6 Å². The van der Waals surface area contributed by atoms with E-state index >= 15 is 0 Å². The maximum Gasteiger partial charge on any atom is 0.311 e. The second-order valence-electron chi connectivity index (χ2n) is 9.78. The van der Waals surface area contributed by atoms with Gasteiger partial charge in [0, 0.05) is 49.6 Å². The average molecular weight is 437 g/mol. The topological polar surface area (TPSA) is 59.1 Å². The number of ketones is 1. The molecule has 1 aromatic carbocycles. The lowest BCUT2D eigenvalue weighted by Crippen LogP contribution is -2.49. The van der Waals surface area contributed by atoms with Gasteiger partial charge in [-0.2, -0.15) is 0 Å². The summed E-state index contributed by atoms with van der Waals surface area (Å²) in [5.41, 5.74) is 2.76. The third kappa shape index (κ3) is 3.45. The fourth-order valence-corrected chi connectivity index (χ4v) is 6.12. The molecule has 2 heterocycles. The van der Waals surface area contributed by atoms with Crippen LogP contribution in [0.3, 0.4) is 0 Å². The highest BCUT2D eigenvalue weighted by atomic mass is 16.6. The summed E-state index contributed by atoms with van der Waals surface area (Å²) in [6.07, 6.45) is 5.36. The highest BCUT2D eigenvalue weighted by Gasteiger charge is 2.54. The summed E-state index contributed by atoms with van der Waals surface area (Å²) in [6.45, 7) is 8.39. The van der Waals surface area contributed by atoms with Crippen molar-refractivity contribution >= 4 is 17.4 Å².